The Kier molecular flexibility index (Phi) is 6.93. The smallest absolute Gasteiger partial charge is 0.136 e. The van der Waals surface area contributed by atoms with E-state index in [9.17, 15) is 0 Å². The number of hydrogen-bond acceptors (Lipinski definition) is 2. The lowest BCUT2D eigenvalue weighted by molar-refractivity contribution is 0.902. The molecule has 58 valence electrons. The van der Waals surface area contributed by atoms with Crippen molar-refractivity contribution in [3.63, 3.8) is 0 Å². The monoisotopic (exact) mass is 165 g/mol. The fourth-order valence-electron chi connectivity index (χ4n) is 0.373. The zero-order chi connectivity index (χ0) is 8.69. The molecule has 4 radical (unpaired) electrons. The van der Waals surface area contributed by atoms with Gasteiger partial charge in [0, 0.05) is 5.75 Å². The molecule has 0 unspecified atom stereocenters. The van der Waals surface area contributed by atoms with Crippen LogP contribution < -0.4 is 0 Å². The number of rotatable bonds is 5. The van der Waals surface area contributed by atoms with Crippen molar-refractivity contribution < 1.29 is 0 Å². The summed E-state index contributed by atoms with van der Waals surface area (Å²) >= 11 is 1.50. The lowest BCUT2D eigenvalue weighted by Crippen LogP contribution is -2.05. The van der Waals surface area contributed by atoms with Crippen LogP contribution in [0.4, 0.5) is 0 Å². The van der Waals surface area contributed by atoms with Crippen molar-refractivity contribution in [2.45, 2.75) is 26.6 Å². The van der Waals surface area contributed by atoms with Gasteiger partial charge in [0.15, 0.2) is 0 Å². The zero-order valence-corrected chi connectivity index (χ0v) is 8.03. The standard InChI is InChI=1S/C7H13B2NS/c1-6(2)7(9)10-11-5-3-4-8/h6H,3-5H2,1-2H3. The van der Waals surface area contributed by atoms with Gasteiger partial charge >= 0.3 is 0 Å². The summed E-state index contributed by atoms with van der Waals surface area (Å²) in [5.41, 5.74) is 0.715. The Labute approximate surface area is 76.4 Å². The average Bonchev–Trinajstić information content (AvgIpc) is 1.97. The second-order valence-corrected chi connectivity index (χ2v) is 3.50. The third kappa shape index (κ3) is 6.54. The molecule has 0 atom stereocenters. The fraction of sp³-hybridized carbons (Fsp3) is 0.857. The lowest BCUT2D eigenvalue weighted by atomic mass is 9.91. The maximum atomic E-state index is 5.60. The topological polar surface area (TPSA) is 12.4 Å². The maximum absolute atomic E-state index is 5.60. The van der Waals surface area contributed by atoms with Crippen LogP contribution in [0.5, 0.6) is 0 Å². The quantitative estimate of drug-likeness (QED) is 0.262. The summed E-state index contributed by atoms with van der Waals surface area (Å²) in [6, 6.07) is 0. The van der Waals surface area contributed by atoms with E-state index in [2.05, 4.69) is 4.40 Å². The third-order valence-electron chi connectivity index (χ3n) is 1.20. The molecular weight excluding hydrogens is 152 g/mol. The number of nitrogens with zero attached hydrogens (tertiary/aromatic N) is 1. The molecule has 0 spiro atoms. The largest absolute Gasteiger partial charge is 0.237 e. The lowest BCUT2D eigenvalue weighted by Gasteiger charge is -2.02. The van der Waals surface area contributed by atoms with Crippen LogP contribution in [0.15, 0.2) is 4.40 Å². The average molecular weight is 165 g/mol. The van der Waals surface area contributed by atoms with Gasteiger partial charge < -0.3 is 0 Å². The van der Waals surface area contributed by atoms with E-state index in [1.807, 2.05) is 13.8 Å². The van der Waals surface area contributed by atoms with E-state index in [1.165, 1.54) is 11.9 Å². The van der Waals surface area contributed by atoms with Gasteiger partial charge in [-0.05, 0) is 23.5 Å². The Balaban J connectivity index is 3.40. The van der Waals surface area contributed by atoms with E-state index in [-0.39, 0.29) is 0 Å². The molecule has 4 heteroatoms. The van der Waals surface area contributed by atoms with E-state index in [1.54, 1.807) is 0 Å². The molecule has 0 aliphatic heterocycles. The van der Waals surface area contributed by atoms with Gasteiger partial charge in [0.2, 0.25) is 0 Å². The first-order chi connectivity index (χ1) is 5.18. The Morgan fingerprint density at radius 1 is 1.55 bits per heavy atom. The molecule has 0 aliphatic carbocycles. The summed E-state index contributed by atoms with van der Waals surface area (Å²) in [6.45, 7) is 4.06. The Morgan fingerprint density at radius 3 is 2.64 bits per heavy atom. The molecule has 0 saturated carbocycles. The van der Waals surface area contributed by atoms with Crippen molar-refractivity contribution in [2.24, 2.45) is 10.3 Å². The van der Waals surface area contributed by atoms with Crippen LogP contribution in [-0.2, 0) is 0 Å². The molecule has 11 heavy (non-hydrogen) atoms. The molecule has 0 aliphatic rings. The van der Waals surface area contributed by atoms with Crippen LogP contribution in [0.25, 0.3) is 0 Å². The van der Waals surface area contributed by atoms with Gasteiger partial charge in [-0.3, -0.25) is 0 Å². The minimum Gasteiger partial charge on any atom is -0.237 e. The molecule has 1 nitrogen and oxygen atoms in total. The second-order valence-electron chi connectivity index (χ2n) is 2.65. The SMILES string of the molecule is [B]CCCSN=C([B])C(C)C. The summed E-state index contributed by atoms with van der Waals surface area (Å²) < 4.78 is 4.12. The predicted molar refractivity (Wildman–Crippen MR) is 55.7 cm³/mol. The van der Waals surface area contributed by atoms with E-state index < -0.39 is 0 Å². The summed E-state index contributed by atoms with van der Waals surface area (Å²) in [7, 11) is 10.9. The minimum absolute atomic E-state index is 0.348. The van der Waals surface area contributed by atoms with Crippen LogP contribution >= 0.6 is 11.9 Å². The normalized spacial score (nSPS) is 12.5. The van der Waals surface area contributed by atoms with E-state index >= 15 is 0 Å². The Morgan fingerprint density at radius 2 is 2.18 bits per heavy atom. The van der Waals surface area contributed by atoms with Gasteiger partial charge in [0.05, 0.1) is 7.85 Å². The first kappa shape index (κ1) is 11.1. The first-order valence-electron chi connectivity index (χ1n) is 3.84. The van der Waals surface area contributed by atoms with E-state index in [0.717, 1.165) is 18.5 Å². The van der Waals surface area contributed by atoms with Crippen LogP contribution in [0.3, 0.4) is 0 Å². The van der Waals surface area contributed by atoms with Gasteiger partial charge in [-0.1, -0.05) is 26.6 Å². The molecular formula is C7H13B2NS. The van der Waals surface area contributed by atoms with Crippen molar-refractivity contribution in [3.05, 3.63) is 0 Å². The maximum Gasteiger partial charge on any atom is 0.136 e. The molecule has 0 amide bonds. The summed E-state index contributed by atoms with van der Waals surface area (Å²) in [5, 5.41) is 0. The molecule has 0 aromatic carbocycles. The molecule has 0 N–H and O–H groups in total. The summed E-state index contributed by atoms with van der Waals surface area (Å²) in [5.74, 6) is 1.31. The Hall–Kier alpha value is 0.150. The molecule has 0 aromatic heterocycles. The highest BCUT2D eigenvalue weighted by Gasteiger charge is 1.95. The van der Waals surface area contributed by atoms with Crippen molar-refractivity contribution in [1.29, 1.82) is 0 Å². The van der Waals surface area contributed by atoms with Gasteiger partial charge in [0.25, 0.3) is 0 Å². The fourth-order valence-corrected chi connectivity index (χ4v) is 1.12. The first-order valence-corrected chi connectivity index (χ1v) is 4.78. The highest BCUT2D eigenvalue weighted by Crippen LogP contribution is 2.07. The molecule has 0 heterocycles. The molecule has 0 fully saturated rings. The van der Waals surface area contributed by atoms with Crippen molar-refractivity contribution in [1.82, 2.24) is 0 Å². The molecule has 0 saturated heterocycles. The summed E-state index contributed by atoms with van der Waals surface area (Å²) in [4.78, 5) is 0. The van der Waals surface area contributed by atoms with Crippen molar-refractivity contribution in [3.8, 4) is 0 Å². The third-order valence-corrected chi connectivity index (χ3v) is 2.01. The van der Waals surface area contributed by atoms with Gasteiger partial charge in [0.1, 0.15) is 7.85 Å². The van der Waals surface area contributed by atoms with Crippen LogP contribution in [0, 0.1) is 5.92 Å². The second kappa shape index (κ2) is 6.84. The minimum atomic E-state index is 0.348. The van der Waals surface area contributed by atoms with Crippen molar-refractivity contribution >= 4 is 33.3 Å². The van der Waals surface area contributed by atoms with Gasteiger partial charge in [-0.15, -0.1) is 0 Å². The highest BCUT2D eigenvalue weighted by atomic mass is 32.2. The molecule has 0 aromatic rings. The van der Waals surface area contributed by atoms with Crippen LogP contribution in [0.1, 0.15) is 20.3 Å². The van der Waals surface area contributed by atoms with E-state index in [4.69, 9.17) is 15.7 Å². The zero-order valence-electron chi connectivity index (χ0n) is 7.21. The van der Waals surface area contributed by atoms with Gasteiger partial charge in [-0.2, -0.15) is 0 Å². The highest BCUT2D eigenvalue weighted by molar-refractivity contribution is 7.98. The molecule has 0 bridgehead atoms. The Bertz CT molecular complexity index is 126. The van der Waals surface area contributed by atoms with Crippen LogP contribution in [-0.4, -0.2) is 27.1 Å². The predicted octanol–water partition coefficient (Wildman–Crippen LogP) is 1.83. The number of hydrogen-bond donors (Lipinski definition) is 0. The summed E-state index contributed by atoms with van der Waals surface area (Å²) in [6.07, 6.45) is 1.73. The van der Waals surface area contributed by atoms with E-state index in [0.29, 0.717) is 11.5 Å². The van der Waals surface area contributed by atoms with Crippen LogP contribution in [0.2, 0.25) is 6.32 Å². The molecule has 0 rings (SSSR count). The van der Waals surface area contributed by atoms with Gasteiger partial charge in [-0.25, -0.2) is 4.40 Å². The van der Waals surface area contributed by atoms with Crippen molar-refractivity contribution in [2.75, 3.05) is 5.75 Å².